The normalized spacial score (nSPS) is 11.6. The van der Waals surface area contributed by atoms with Crippen molar-refractivity contribution in [2.45, 2.75) is 78.3 Å². The first kappa shape index (κ1) is 18.0. The van der Waals surface area contributed by atoms with Crippen molar-refractivity contribution in [3.63, 3.8) is 0 Å². The molecule has 0 aliphatic rings. The number of hydrogen-bond donors (Lipinski definition) is 1. The SMILES string of the molecule is CCCCCCCCOc1ccnc(CNC(C)(C)C)c1. The van der Waals surface area contributed by atoms with E-state index in [1.165, 1.54) is 32.1 Å². The van der Waals surface area contributed by atoms with Gasteiger partial charge in [-0.25, -0.2) is 0 Å². The summed E-state index contributed by atoms with van der Waals surface area (Å²) in [7, 11) is 0. The van der Waals surface area contributed by atoms with E-state index in [4.69, 9.17) is 4.74 Å². The maximum atomic E-state index is 5.82. The van der Waals surface area contributed by atoms with Crippen molar-refractivity contribution in [1.82, 2.24) is 10.3 Å². The van der Waals surface area contributed by atoms with E-state index in [0.717, 1.165) is 31.0 Å². The van der Waals surface area contributed by atoms with Gasteiger partial charge < -0.3 is 10.1 Å². The van der Waals surface area contributed by atoms with Crippen LogP contribution in [0.1, 0.15) is 71.9 Å². The number of rotatable bonds is 10. The van der Waals surface area contributed by atoms with Gasteiger partial charge in [-0.2, -0.15) is 0 Å². The number of ether oxygens (including phenoxy) is 1. The van der Waals surface area contributed by atoms with Crippen LogP contribution in [0.25, 0.3) is 0 Å². The predicted molar refractivity (Wildman–Crippen MR) is 89.7 cm³/mol. The Morgan fingerprint density at radius 2 is 1.81 bits per heavy atom. The average molecular weight is 292 g/mol. The van der Waals surface area contributed by atoms with Crippen LogP contribution in [0, 0.1) is 0 Å². The minimum Gasteiger partial charge on any atom is -0.493 e. The highest BCUT2D eigenvalue weighted by atomic mass is 16.5. The quantitative estimate of drug-likeness (QED) is 0.634. The molecule has 0 radical (unpaired) electrons. The molecule has 0 saturated heterocycles. The van der Waals surface area contributed by atoms with Crippen LogP contribution < -0.4 is 10.1 Å². The van der Waals surface area contributed by atoms with Crippen LogP contribution in [0.3, 0.4) is 0 Å². The van der Waals surface area contributed by atoms with E-state index in [9.17, 15) is 0 Å². The zero-order valence-electron chi connectivity index (χ0n) is 14.2. The summed E-state index contributed by atoms with van der Waals surface area (Å²) in [6.07, 6.45) is 9.58. The molecular formula is C18H32N2O. The third-order valence-corrected chi connectivity index (χ3v) is 3.35. The van der Waals surface area contributed by atoms with Crippen molar-refractivity contribution < 1.29 is 4.74 Å². The van der Waals surface area contributed by atoms with Crippen molar-refractivity contribution >= 4 is 0 Å². The Labute approximate surface area is 130 Å². The lowest BCUT2D eigenvalue weighted by atomic mass is 10.1. The minimum atomic E-state index is 0.108. The fraction of sp³-hybridized carbons (Fsp3) is 0.722. The maximum Gasteiger partial charge on any atom is 0.122 e. The molecule has 0 atom stereocenters. The molecule has 0 fully saturated rings. The van der Waals surface area contributed by atoms with Gasteiger partial charge in [-0.15, -0.1) is 0 Å². The Balaban J connectivity index is 2.23. The summed E-state index contributed by atoms with van der Waals surface area (Å²) in [6, 6.07) is 3.98. The van der Waals surface area contributed by atoms with Gasteiger partial charge in [0, 0.05) is 24.3 Å². The Morgan fingerprint density at radius 3 is 2.52 bits per heavy atom. The van der Waals surface area contributed by atoms with Crippen LogP contribution in [-0.4, -0.2) is 17.1 Å². The van der Waals surface area contributed by atoms with Crippen LogP contribution in [0.5, 0.6) is 5.75 Å². The van der Waals surface area contributed by atoms with Crippen molar-refractivity contribution in [2.24, 2.45) is 0 Å². The van der Waals surface area contributed by atoms with E-state index >= 15 is 0 Å². The second-order valence-electron chi connectivity index (χ2n) is 6.70. The molecule has 1 aromatic heterocycles. The highest BCUT2D eigenvalue weighted by Gasteiger charge is 2.09. The van der Waals surface area contributed by atoms with E-state index in [1.807, 2.05) is 18.3 Å². The van der Waals surface area contributed by atoms with Crippen molar-refractivity contribution in [2.75, 3.05) is 6.61 Å². The Hall–Kier alpha value is -1.09. The molecule has 3 heteroatoms. The number of pyridine rings is 1. The highest BCUT2D eigenvalue weighted by Crippen LogP contribution is 2.13. The van der Waals surface area contributed by atoms with Crippen molar-refractivity contribution in [3.05, 3.63) is 24.0 Å². The van der Waals surface area contributed by atoms with Crippen LogP contribution in [-0.2, 0) is 6.54 Å². The number of hydrogen-bond acceptors (Lipinski definition) is 3. The third-order valence-electron chi connectivity index (χ3n) is 3.35. The number of nitrogens with zero attached hydrogens (tertiary/aromatic N) is 1. The van der Waals surface area contributed by atoms with Gasteiger partial charge in [0.15, 0.2) is 0 Å². The molecule has 0 amide bonds. The Morgan fingerprint density at radius 1 is 1.10 bits per heavy atom. The van der Waals surface area contributed by atoms with Crippen LogP contribution >= 0.6 is 0 Å². The zero-order valence-corrected chi connectivity index (χ0v) is 14.2. The molecule has 0 spiro atoms. The van der Waals surface area contributed by atoms with Gasteiger partial charge in [-0.05, 0) is 33.3 Å². The summed E-state index contributed by atoms with van der Waals surface area (Å²) in [5.41, 5.74) is 1.14. The smallest absolute Gasteiger partial charge is 0.122 e. The average Bonchev–Trinajstić information content (AvgIpc) is 2.44. The molecule has 0 aromatic carbocycles. The molecule has 1 aromatic rings. The first-order valence-electron chi connectivity index (χ1n) is 8.34. The predicted octanol–water partition coefficient (Wildman–Crippen LogP) is 4.71. The van der Waals surface area contributed by atoms with Crippen molar-refractivity contribution in [3.8, 4) is 5.75 Å². The molecule has 120 valence electrons. The van der Waals surface area contributed by atoms with Gasteiger partial charge in [0.05, 0.1) is 12.3 Å². The summed E-state index contributed by atoms with van der Waals surface area (Å²) >= 11 is 0. The molecule has 3 nitrogen and oxygen atoms in total. The van der Waals surface area contributed by atoms with Crippen LogP contribution in [0.2, 0.25) is 0 Å². The van der Waals surface area contributed by atoms with Crippen molar-refractivity contribution in [1.29, 1.82) is 0 Å². The summed E-state index contributed by atoms with van der Waals surface area (Å²) < 4.78 is 5.82. The third kappa shape index (κ3) is 9.46. The fourth-order valence-corrected chi connectivity index (χ4v) is 2.07. The summed E-state index contributed by atoms with van der Waals surface area (Å²) in [5, 5.41) is 3.44. The lowest BCUT2D eigenvalue weighted by Gasteiger charge is -2.20. The minimum absolute atomic E-state index is 0.108. The molecular weight excluding hydrogens is 260 g/mol. The molecule has 0 unspecified atom stereocenters. The standard InChI is InChI=1S/C18H32N2O/c1-5-6-7-8-9-10-13-21-17-11-12-19-16(14-17)15-20-18(2,3)4/h11-12,14,20H,5-10,13,15H2,1-4H3. The van der Waals surface area contributed by atoms with Gasteiger partial charge in [0.2, 0.25) is 0 Å². The molecule has 1 rings (SSSR count). The Bertz CT molecular complexity index is 385. The van der Waals surface area contributed by atoms with Gasteiger partial charge in [0.1, 0.15) is 5.75 Å². The lowest BCUT2D eigenvalue weighted by Crippen LogP contribution is -2.35. The second kappa shape index (κ2) is 9.78. The number of aromatic nitrogens is 1. The van der Waals surface area contributed by atoms with Gasteiger partial charge in [0.25, 0.3) is 0 Å². The Kier molecular flexibility index (Phi) is 8.36. The molecule has 0 bridgehead atoms. The van der Waals surface area contributed by atoms with Crippen LogP contribution in [0.15, 0.2) is 18.3 Å². The van der Waals surface area contributed by atoms with Gasteiger partial charge in [-0.1, -0.05) is 39.0 Å². The number of nitrogens with one attached hydrogen (secondary N) is 1. The molecule has 1 heterocycles. The molecule has 1 N–H and O–H groups in total. The second-order valence-corrected chi connectivity index (χ2v) is 6.70. The van der Waals surface area contributed by atoms with E-state index in [0.29, 0.717) is 0 Å². The maximum absolute atomic E-state index is 5.82. The van der Waals surface area contributed by atoms with Gasteiger partial charge in [-0.3, -0.25) is 4.98 Å². The zero-order chi connectivity index (χ0) is 15.6. The molecule has 0 saturated carbocycles. The van der Waals surface area contributed by atoms with E-state index in [-0.39, 0.29) is 5.54 Å². The number of unbranched alkanes of at least 4 members (excludes halogenated alkanes) is 5. The van der Waals surface area contributed by atoms with Gasteiger partial charge >= 0.3 is 0 Å². The highest BCUT2D eigenvalue weighted by molar-refractivity contribution is 5.22. The largest absolute Gasteiger partial charge is 0.493 e. The molecule has 0 aliphatic heterocycles. The van der Waals surface area contributed by atoms with Crippen LogP contribution in [0.4, 0.5) is 0 Å². The molecule has 0 aliphatic carbocycles. The first-order chi connectivity index (χ1) is 10.0. The van der Waals surface area contributed by atoms with E-state index < -0.39 is 0 Å². The first-order valence-corrected chi connectivity index (χ1v) is 8.34. The topological polar surface area (TPSA) is 34.1 Å². The fourth-order valence-electron chi connectivity index (χ4n) is 2.07. The monoisotopic (exact) mass is 292 g/mol. The summed E-state index contributed by atoms with van der Waals surface area (Å²) in [4.78, 5) is 4.38. The summed E-state index contributed by atoms with van der Waals surface area (Å²) in [5.74, 6) is 0.935. The molecule has 21 heavy (non-hydrogen) atoms. The lowest BCUT2D eigenvalue weighted by molar-refractivity contribution is 0.303. The van der Waals surface area contributed by atoms with E-state index in [2.05, 4.69) is 38.0 Å². The summed E-state index contributed by atoms with van der Waals surface area (Å²) in [6.45, 7) is 10.3. The van der Waals surface area contributed by atoms with E-state index in [1.54, 1.807) is 0 Å².